The van der Waals surface area contributed by atoms with Gasteiger partial charge in [0.1, 0.15) is 0 Å². The number of amides is 1. The van der Waals surface area contributed by atoms with E-state index in [2.05, 4.69) is 4.98 Å². The van der Waals surface area contributed by atoms with Crippen molar-refractivity contribution in [3.05, 3.63) is 53.6 Å². The molecule has 2 aromatic heterocycles. The van der Waals surface area contributed by atoms with Crippen molar-refractivity contribution in [2.24, 2.45) is 7.05 Å². The molecule has 0 N–H and O–H groups in total. The molecule has 5 heteroatoms. The molecule has 122 valence electrons. The maximum Gasteiger partial charge on any atom is 0.256 e. The predicted molar refractivity (Wildman–Crippen MR) is 88.1 cm³/mol. The molecule has 23 heavy (non-hydrogen) atoms. The van der Waals surface area contributed by atoms with Crippen LogP contribution in [0.4, 0.5) is 0 Å². The molecule has 0 aliphatic carbocycles. The summed E-state index contributed by atoms with van der Waals surface area (Å²) in [5.41, 5.74) is 2.63. The van der Waals surface area contributed by atoms with Crippen LogP contribution in [0.15, 0.2) is 36.7 Å². The van der Waals surface area contributed by atoms with E-state index in [1.165, 1.54) is 0 Å². The van der Waals surface area contributed by atoms with Crippen LogP contribution in [0.1, 0.15) is 34.6 Å². The Balaban J connectivity index is 1.81. The average molecular weight is 313 g/mol. The maximum absolute atomic E-state index is 13.0. The van der Waals surface area contributed by atoms with Crippen molar-refractivity contribution in [1.29, 1.82) is 0 Å². The van der Waals surface area contributed by atoms with E-state index in [1.54, 1.807) is 6.20 Å². The lowest BCUT2D eigenvalue weighted by Gasteiger charge is -2.25. The molecule has 5 nitrogen and oxygen atoms in total. The molecular formula is C18H23N3O2. The summed E-state index contributed by atoms with van der Waals surface area (Å²) < 4.78 is 7.69. The van der Waals surface area contributed by atoms with Gasteiger partial charge in [-0.2, -0.15) is 0 Å². The zero-order valence-electron chi connectivity index (χ0n) is 13.7. The Morgan fingerprint density at radius 1 is 1.43 bits per heavy atom. The number of pyridine rings is 1. The average Bonchev–Trinajstić information content (AvgIpc) is 3.18. The van der Waals surface area contributed by atoms with Crippen molar-refractivity contribution in [2.45, 2.75) is 32.4 Å². The first-order chi connectivity index (χ1) is 11.1. The lowest BCUT2D eigenvalue weighted by molar-refractivity contribution is 0.0504. The Kier molecular flexibility index (Phi) is 4.76. The van der Waals surface area contributed by atoms with Gasteiger partial charge >= 0.3 is 0 Å². The summed E-state index contributed by atoms with van der Waals surface area (Å²) in [6, 6.07) is 7.67. The van der Waals surface area contributed by atoms with Crippen LogP contribution in [0.2, 0.25) is 0 Å². The molecule has 1 aliphatic rings. The molecule has 1 unspecified atom stereocenters. The van der Waals surface area contributed by atoms with Gasteiger partial charge in [-0.1, -0.05) is 6.07 Å². The third-order valence-corrected chi connectivity index (χ3v) is 4.43. The SMILES string of the molecule is Cc1c(C(=O)N(Cc2ccccn2)CC2CCCO2)ccn1C. The number of hydrogen-bond donors (Lipinski definition) is 0. The van der Waals surface area contributed by atoms with Gasteiger partial charge in [-0.05, 0) is 38.0 Å². The summed E-state index contributed by atoms with van der Waals surface area (Å²) in [6.45, 7) is 3.89. The summed E-state index contributed by atoms with van der Waals surface area (Å²) in [4.78, 5) is 19.2. The van der Waals surface area contributed by atoms with Gasteiger partial charge in [0, 0.05) is 38.3 Å². The Morgan fingerprint density at radius 3 is 2.91 bits per heavy atom. The second-order valence-corrected chi connectivity index (χ2v) is 6.07. The van der Waals surface area contributed by atoms with Gasteiger partial charge in [-0.3, -0.25) is 9.78 Å². The fraction of sp³-hybridized carbons (Fsp3) is 0.444. The number of nitrogens with zero attached hydrogens (tertiary/aromatic N) is 3. The van der Waals surface area contributed by atoms with E-state index in [4.69, 9.17) is 4.74 Å². The molecule has 1 amide bonds. The molecule has 3 heterocycles. The lowest BCUT2D eigenvalue weighted by atomic mass is 10.1. The van der Waals surface area contributed by atoms with Gasteiger partial charge < -0.3 is 14.2 Å². The first-order valence-corrected chi connectivity index (χ1v) is 8.08. The number of aromatic nitrogens is 2. The zero-order chi connectivity index (χ0) is 16.2. The van der Waals surface area contributed by atoms with Gasteiger partial charge in [0.15, 0.2) is 0 Å². The van der Waals surface area contributed by atoms with Gasteiger partial charge in [0.2, 0.25) is 0 Å². The molecule has 0 aromatic carbocycles. The predicted octanol–water partition coefficient (Wildman–Crippen LogP) is 2.55. The fourth-order valence-electron chi connectivity index (χ4n) is 2.95. The highest BCUT2D eigenvalue weighted by atomic mass is 16.5. The molecule has 0 bridgehead atoms. The number of hydrogen-bond acceptors (Lipinski definition) is 3. The summed E-state index contributed by atoms with van der Waals surface area (Å²) in [5, 5.41) is 0. The minimum atomic E-state index is 0.0456. The molecule has 2 aromatic rings. The summed E-state index contributed by atoms with van der Waals surface area (Å²) in [7, 11) is 1.95. The number of carbonyl (C=O) groups excluding carboxylic acids is 1. The fourth-order valence-corrected chi connectivity index (χ4v) is 2.95. The number of rotatable bonds is 5. The molecule has 1 aliphatic heterocycles. The number of carbonyl (C=O) groups is 1. The van der Waals surface area contributed by atoms with Crippen LogP contribution in [0.3, 0.4) is 0 Å². The van der Waals surface area contributed by atoms with Crippen LogP contribution in [0.25, 0.3) is 0 Å². The van der Waals surface area contributed by atoms with Gasteiger partial charge in [-0.15, -0.1) is 0 Å². The van der Waals surface area contributed by atoms with Crippen molar-refractivity contribution >= 4 is 5.91 Å². The molecule has 0 spiro atoms. The minimum absolute atomic E-state index is 0.0456. The van der Waals surface area contributed by atoms with E-state index in [1.807, 2.05) is 53.9 Å². The topological polar surface area (TPSA) is 47.4 Å². The maximum atomic E-state index is 13.0. The lowest BCUT2D eigenvalue weighted by Crippen LogP contribution is -2.37. The van der Waals surface area contributed by atoms with Crippen LogP contribution < -0.4 is 0 Å². The molecule has 1 atom stereocenters. The summed E-state index contributed by atoms with van der Waals surface area (Å²) in [6.07, 6.45) is 5.90. The first kappa shape index (κ1) is 15.7. The Labute approximate surface area is 136 Å². The van der Waals surface area contributed by atoms with Crippen LogP contribution in [0.5, 0.6) is 0 Å². The largest absolute Gasteiger partial charge is 0.376 e. The molecular weight excluding hydrogens is 290 g/mol. The van der Waals surface area contributed by atoms with Gasteiger partial charge in [0.25, 0.3) is 5.91 Å². The Hall–Kier alpha value is -2.14. The highest BCUT2D eigenvalue weighted by molar-refractivity contribution is 5.95. The van der Waals surface area contributed by atoms with Crippen molar-refractivity contribution in [1.82, 2.24) is 14.5 Å². The van der Waals surface area contributed by atoms with Crippen molar-refractivity contribution < 1.29 is 9.53 Å². The standard InChI is InChI=1S/C18H23N3O2/c1-14-17(8-10-20(14)2)18(22)21(13-16-7-5-11-23-16)12-15-6-3-4-9-19-15/h3-4,6,8-10,16H,5,7,11-13H2,1-2H3. The van der Waals surface area contributed by atoms with E-state index in [-0.39, 0.29) is 12.0 Å². The zero-order valence-corrected chi connectivity index (χ0v) is 13.7. The number of aryl methyl sites for hydroxylation is 1. The van der Waals surface area contributed by atoms with Gasteiger partial charge in [-0.25, -0.2) is 0 Å². The Bertz CT molecular complexity index is 660. The summed E-state index contributed by atoms with van der Waals surface area (Å²) >= 11 is 0. The normalized spacial score (nSPS) is 17.4. The Morgan fingerprint density at radius 2 is 2.30 bits per heavy atom. The molecule has 1 saturated heterocycles. The molecule has 3 rings (SSSR count). The van der Waals surface area contributed by atoms with Crippen LogP contribution in [0, 0.1) is 6.92 Å². The smallest absolute Gasteiger partial charge is 0.256 e. The van der Waals surface area contributed by atoms with Crippen molar-refractivity contribution in [3.63, 3.8) is 0 Å². The monoisotopic (exact) mass is 313 g/mol. The third-order valence-electron chi connectivity index (χ3n) is 4.43. The van der Waals surface area contributed by atoms with Crippen LogP contribution in [-0.4, -0.2) is 39.6 Å². The quantitative estimate of drug-likeness (QED) is 0.852. The van der Waals surface area contributed by atoms with Crippen LogP contribution in [-0.2, 0) is 18.3 Å². The van der Waals surface area contributed by atoms with E-state index in [0.717, 1.165) is 36.4 Å². The molecule has 0 saturated carbocycles. The van der Waals surface area contributed by atoms with E-state index >= 15 is 0 Å². The second kappa shape index (κ2) is 6.96. The van der Waals surface area contributed by atoms with E-state index in [0.29, 0.717) is 13.1 Å². The summed E-state index contributed by atoms with van der Waals surface area (Å²) in [5.74, 6) is 0.0456. The molecule has 1 fully saturated rings. The van der Waals surface area contributed by atoms with Crippen molar-refractivity contribution in [2.75, 3.05) is 13.2 Å². The highest BCUT2D eigenvalue weighted by Crippen LogP contribution is 2.18. The van der Waals surface area contributed by atoms with Crippen LogP contribution >= 0.6 is 0 Å². The number of ether oxygens (including phenoxy) is 1. The third kappa shape index (κ3) is 3.62. The first-order valence-electron chi connectivity index (χ1n) is 8.08. The van der Waals surface area contributed by atoms with E-state index in [9.17, 15) is 4.79 Å². The van der Waals surface area contributed by atoms with Crippen molar-refractivity contribution in [3.8, 4) is 0 Å². The highest BCUT2D eigenvalue weighted by Gasteiger charge is 2.25. The van der Waals surface area contributed by atoms with Gasteiger partial charge in [0.05, 0.1) is 23.9 Å². The second-order valence-electron chi connectivity index (χ2n) is 6.07. The van der Waals surface area contributed by atoms with E-state index < -0.39 is 0 Å². The minimum Gasteiger partial charge on any atom is -0.376 e. The molecule has 0 radical (unpaired) electrons.